The van der Waals surface area contributed by atoms with Gasteiger partial charge in [0.2, 0.25) is 0 Å². The Morgan fingerprint density at radius 1 is 1.56 bits per heavy atom. The van der Waals surface area contributed by atoms with Gasteiger partial charge < -0.3 is 14.7 Å². The number of carbonyl (C=O) groups excluding carboxylic acids is 1. The lowest BCUT2D eigenvalue weighted by Crippen LogP contribution is -2.52. The summed E-state index contributed by atoms with van der Waals surface area (Å²) >= 11 is 0. The molecular weight excluding hydrogens is 210 g/mol. The van der Waals surface area contributed by atoms with E-state index in [1.807, 2.05) is 0 Å². The predicted octanol–water partition coefficient (Wildman–Crippen LogP) is 1.47. The molecule has 1 aliphatic carbocycles. The highest BCUT2D eigenvalue weighted by Crippen LogP contribution is 2.40. The second kappa shape index (κ2) is 3.96. The Bertz CT molecular complexity index is 317. The van der Waals surface area contributed by atoms with E-state index in [4.69, 9.17) is 4.74 Å². The third-order valence-electron chi connectivity index (χ3n) is 3.82. The number of carbonyl (C=O) groups is 2. The maximum Gasteiger partial charge on any atom is 0.410 e. The molecule has 0 aromatic carbocycles. The van der Waals surface area contributed by atoms with Crippen LogP contribution in [0.25, 0.3) is 0 Å². The summed E-state index contributed by atoms with van der Waals surface area (Å²) in [5.74, 6) is -0.808. The molecule has 1 N–H and O–H groups in total. The van der Waals surface area contributed by atoms with Crippen molar-refractivity contribution >= 4 is 12.1 Å². The molecule has 5 nitrogen and oxygen atoms in total. The summed E-state index contributed by atoms with van der Waals surface area (Å²) in [6.45, 7) is 2.64. The monoisotopic (exact) mass is 227 g/mol. The van der Waals surface area contributed by atoms with Crippen molar-refractivity contribution in [2.75, 3.05) is 13.2 Å². The number of carboxylic acid groups (broad SMARTS) is 1. The average molecular weight is 227 g/mol. The minimum Gasteiger partial charge on any atom is -0.481 e. The van der Waals surface area contributed by atoms with E-state index in [1.54, 1.807) is 11.8 Å². The fourth-order valence-electron chi connectivity index (χ4n) is 2.75. The number of rotatable bonds is 2. The van der Waals surface area contributed by atoms with Crippen LogP contribution in [0.1, 0.15) is 32.6 Å². The summed E-state index contributed by atoms with van der Waals surface area (Å²) in [5.41, 5.74) is -0.818. The fraction of sp³-hybridized carbons (Fsp3) is 0.818. The third kappa shape index (κ3) is 1.64. The molecule has 16 heavy (non-hydrogen) atoms. The van der Waals surface area contributed by atoms with E-state index in [2.05, 4.69) is 0 Å². The van der Waals surface area contributed by atoms with Crippen LogP contribution < -0.4 is 0 Å². The molecular formula is C11H17NO4. The van der Waals surface area contributed by atoms with Gasteiger partial charge in [-0.2, -0.15) is 0 Å². The number of cyclic esters (lactones) is 1. The van der Waals surface area contributed by atoms with Crippen molar-refractivity contribution in [3.63, 3.8) is 0 Å². The normalized spacial score (nSPS) is 34.9. The summed E-state index contributed by atoms with van der Waals surface area (Å²) in [7, 11) is 0. The first-order chi connectivity index (χ1) is 7.55. The molecule has 1 amide bonds. The van der Waals surface area contributed by atoms with Crippen molar-refractivity contribution in [3.8, 4) is 0 Å². The molecule has 1 saturated carbocycles. The number of aliphatic carboxylic acids is 1. The minimum atomic E-state index is -0.818. The van der Waals surface area contributed by atoms with Crippen LogP contribution >= 0.6 is 0 Å². The quantitative estimate of drug-likeness (QED) is 0.775. The molecule has 0 aromatic heterocycles. The van der Waals surface area contributed by atoms with E-state index in [-0.39, 0.29) is 12.1 Å². The number of carboxylic acids is 1. The van der Waals surface area contributed by atoms with Gasteiger partial charge in [0.25, 0.3) is 0 Å². The molecule has 5 heteroatoms. The van der Waals surface area contributed by atoms with E-state index in [9.17, 15) is 14.7 Å². The lowest BCUT2D eigenvalue weighted by atomic mass is 9.71. The first kappa shape index (κ1) is 11.2. The molecule has 2 atom stereocenters. The second-order valence-electron chi connectivity index (χ2n) is 4.79. The first-order valence-corrected chi connectivity index (χ1v) is 5.72. The van der Waals surface area contributed by atoms with E-state index in [0.717, 1.165) is 19.3 Å². The Labute approximate surface area is 94.4 Å². The van der Waals surface area contributed by atoms with Gasteiger partial charge >= 0.3 is 12.1 Å². The first-order valence-electron chi connectivity index (χ1n) is 5.72. The van der Waals surface area contributed by atoms with Gasteiger partial charge in [0.05, 0.1) is 18.0 Å². The maximum atomic E-state index is 11.5. The molecule has 0 spiro atoms. The smallest absolute Gasteiger partial charge is 0.410 e. The van der Waals surface area contributed by atoms with E-state index >= 15 is 0 Å². The average Bonchev–Trinajstić information content (AvgIpc) is 2.65. The van der Waals surface area contributed by atoms with Crippen LogP contribution in [0.5, 0.6) is 0 Å². The van der Waals surface area contributed by atoms with Crippen LogP contribution in [-0.4, -0.2) is 41.3 Å². The number of ether oxygens (including phenoxy) is 1. The van der Waals surface area contributed by atoms with Crippen molar-refractivity contribution in [1.29, 1.82) is 0 Å². The van der Waals surface area contributed by atoms with Crippen LogP contribution in [0.15, 0.2) is 0 Å². The van der Waals surface area contributed by atoms with Gasteiger partial charge in [0.1, 0.15) is 6.61 Å². The number of amides is 1. The largest absolute Gasteiger partial charge is 0.481 e. The SMILES string of the molecule is CC1(C(=O)O)CCCCC1N1CCOC1=O. The summed E-state index contributed by atoms with van der Waals surface area (Å²) < 4.78 is 4.89. The highest BCUT2D eigenvalue weighted by molar-refractivity contribution is 5.77. The van der Waals surface area contributed by atoms with Crippen LogP contribution in [-0.2, 0) is 9.53 Å². The zero-order valence-corrected chi connectivity index (χ0v) is 9.44. The van der Waals surface area contributed by atoms with Gasteiger partial charge in [-0.1, -0.05) is 12.8 Å². The number of nitrogens with zero attached hydrogens (tertiary/aromatic N) is 1. The van der Waals surface area contributed by atoms with E-state index in [0.29, 0.717) is 19.6 Å². The second-order valence-corrected chi connectivity index (χ2v) is 4.79. The Balaban J connectivity index is 2.22. The molecule has 1 heterocycles. The lowest BCUT2D eigenvalue weighted by Gasteiger charge is -2.41. The van der Waals surface area contributed by atoms with Crippen LogP contribution in [0.4, 0.5) is 4.79 Å². The molecule has 90 valence electrons. The van der Waals surface area contributed by atoms with Gasteiger partial charge in [0, 0.05) is 0 Å². The van der Waals surface area contributed by atoms with Crippen LogP contribution in [0.3, 0.4) is 0 Å². The van der Waals surface area contributed by atoms with Crippen LogP contribution in [0.2, 0.25) is 0 Å². The fourth-order valence-corrected chi connectivity index (χ4v) is 2.75. The predicted molar refractivity (Wildman–Crippen MR) is 56.1 cm³/mol. The summed E-state index contributed by atoms with van der Waals surface area (Å²) in [4.78, 5) is 24.5. The highest BCUT2D eigenvalue weighted by atomic mass is 16.6. The summed E-state index contributed by atoms with van der Waals surface area (Å²) in [6, 6.07) is -0.214. The Hall–Kier alpha value is -1.26. The van der Waals surface area contributed by atoms with Gasteiger partial charge in [0.15, 0.2) is 0 Å². The molecule has 2 unspecified atom stereocenters. The van der Waals surface area contributed by atoms with Crippen molar-refractivity contribution in [3.05, 3.63) is 0 Å². The molecule has 0 aromatic rings. The van der Waals surface area contributed by atoms with Gasteiger partial charge in [-0.05, 0) is 19.8 Å². The Morgan fingerprint density at radius 2 is 2.31 bits per heavy atom. The summed E-state index contributed by atoms with van der Waals surface area (Å²) in [6.07, 6.45) is 2.94. The zero-order chi connectivity index (χ0) is 11.8. The molecule has 2 fully saturated rings. The topological polar surface area (TPSA) is 66.8 Å². The van der Waals surface area contributed by atoms with E-state index in [1.165, 1.54) is 0 Å². The lowest BCUT2D eigenvalue weighted by molar-refractivity contribution is -0.153. The molecule has 1 aliphatic heterocycles. The third-order valence-corrected chi connectivity index (χ3v) is 3.82. The van der Waals surface area contributed by atoms with Gasteiger partial charge in [-0.3, -0.25) is 4.79 Å². The van der Waals surface area contributed by atoms with Crippen molar-refractivity contribution in [2.45, 2.75) is 38.6 Å². The molecule has 2 rings (SSSR count). The van der Waals surface area contributed by atoms with Crippen LogP contribution in [0, 0.1) is 5.41 Å². The van der Waals surface area contributed by atoms with E-state index < -0.39 is 11.4 Å². The molecule has 0 bridgehead atoms. The number of hydrogen-bond acceptors (Lipinski definition) is 3. The minimum absolute atomic E-state index is 0.214. The summed E-state index contributed by atoms with van der Waals surface area (Å²) in [5, 5.41) is 9.34. The highest BCUT2D eigenvalue weighted by Gasteiger charge is 2.48. The Morgan fingerprint density at radius 3 is 2.88 bits per heavy atom. The molecule has 0 radical (unpaired) electrons. The zero-order valence-electron chi connectivity index (χ0n) is 9.44. The van der Waals surface area contributed by atoms with Crippen molar-refractivity contribution < 1.29 is 19.4 Å². The maximum absolute atomic E-state index is 11.5. The molecule has 2 aliphatic rings. The van der Waals surface area contributed by atoms with Crippen molar-refractivity contribution in [2.24, 2.45) is 5.41 Å². The molecule has 1 saturated heterocycles. The Kier molecular flexibility index (Phi) is 2.78. The van der Waals surface area contributed by atoms with Crippen molar-refractivity contribution in [1.82, 2.24) is 4.90 Å². The van der Waals surface area contributed by atoms with Gasteiger partial charge in [-0.15, -0.1) is 0 Å². The number of hydrogen-bond donors (Lipinski definition) is 1. The standard InChI is InChI=1S/C11H17NO4/c1-11(9(13)14)5-3-2-4-8(11)12-6-7-16-10(12)15/h8H,2-7H2,1H3,(H,13,14). The van der Waals surface area contributed by atoms with Gasteiger partial charge in [-0.25, -0.2) is 4.79 Å².